The number of carbonyl (C=O) groups excluding carboxylic acids is 2. The van der Waals surface area contributed by atoms with Gasteiger partial charge in [-0.1, -0.05) is 37.3 Å². The normalized spacial score (nSPS) is 10.2. The van der Waals surface area contributed by atoms with E-state index in [1.165, 1.54) is 6.07 Å². The van der Waals surface area contributed by atoms with Crippen molar-refractivity contribution in [2.45, 2.75) is 20.3 Å². The van der Waals surface area contributed by atoms with E-state index < -0.39 is 18.5 Å². The molecule has 0 atom stereocenters. The number of carbonyl (C=O) groups is 2. The number of anilines is 1. The molecule has 0 fully saturated rings. The molecule has 120 valence electrons. The molecule has 0 saturated carbocycles. The van der Waals surface area contributed by atoms with Crippen LogP contribution in [0.5, 0.6) is 5.75 Å². The first-order valence-corrected chi connectivity index (χ1v) is 7.36. The highest BCUT2D eigenvalue weighted by molar-refractivity contribution is 5.97. The number of hydrogen-bond acceptors (Lipinski definition) is 4. The van der Waals surface area contributed by atoms with Gasteiger partial charge in [-0.3, -0.25) is 4.79 Å². The van der Waals surface area contributed by atoms with Gasteiger partial charge in [-0.05, 0) is 36.6 Å². The molecular formula is C18H19NO4. The minimum Gasteiger partial charge on any atom is -0.507 e. The van der Waals surface area contributed by atoms with Crippen LogP contribution >= 0.6 is 0 Å². The summed E-state index contributed by atoms with van der Waals surface area (Å²) in [7, 11) is 0. The summed E-state index contributed by atoms with van der Waals surface area (Å²) in [5, 5.41) is 12.6. The minimum absolute atomic E-state index is 0.0479. The Morgan fingerprint density at radius 2 is 1.87 bits per heavy atom. The van der Waals surface area contributed by atoms with Crippen molar-refractivity contribution < 1.29 is 19.4 Å². The van der Waals surface area contributed by atoms with Crippen LogP contribution in [0.15, 0.2) is 42.5 Å². The third-order valence-electron chi connectivity index (χ3n) is 3.46. The van der Waals surface area contributed by atoms with Gasteiger partial charge in [0.2, 0.25) is 0 Å². The Morgan fingerprint density at radius 3 is 2.61 bits per heavy atom. The molecule has 2 N–H and O–H groups in total. The van der Waals surface area contributed by atoms with Gasteiger partial charge in [0, 0.05) is 5.69 Å². The lowest BCUT2D eigenvalue weighted by Crippen LogP contribution is -2.21. The van der Waals surface area contributed by atoms with Crippen LogP contribution in [0.1, 0.15) is 28.4 Å². The van der Waals surface area contributed by atoms with E-state index in [0.717, 1.165) is 12.0 Å². The predicted molar refractivity (Wildman–Crippen MR) is 87.6 cm³/mol. The SMILES string of the molecule is CCc1ccccc1NC(=O)COC(=O)c1cccc(C)c1O. The van der Waals surface area contributed by atoms with Gasteiger partial charge in [0.1, 0.15) is 11.3 Å². The van der Waals surface area contributed by atoms with Crippen molar-refractivity contribution in [3.63, 3.8) is 0 Å². The van der Waals surface area contributed by atoms with Gasteiger partial charge in [0.05, 0.1) is 0 Å². The molecular weight excluding hydrogens is 294 g/mol. The van der Waals surface area contributed by atoms with Crippen LogP contribution in [0.4, 0.5) is 5.69 Å². The number of hydrogen-bond donors (Lipinski definition) is 2. The number of esters is 1. The lowest BCUT2D eigenvalue weighted by Gasteiger charge is -2.10. The lowest BCUT2D eigenvalue weighted by atomic mass is 10.1. The average Bonchev–Trinajstić information content (AvgIpc) is 2.55. The molecule has 2 rings (SSSR count). The first-order chi connectivity index (χ1) is 11.0. The second-order valence-corrected chi connectivity index (χ2v) is 5.11. The van der Waals surface area contributed by atoms with E-state index in [4.69, 9.17) is 4.74 Å². The van der Waals surface area contributed by atoms with Crippen LogP contribution in [-0.2, 0) is 16.0 Å². The fraction of sp³-hybridized carbons (Fsp3) is 0.222. The molecule has 2 aromatic rings. The van der Waals surface area contributed by atoms with Crippen molar-refractivity contribution in [2.75, 3.05) is 11.9 Å². The highest BCUT2D eigenvalue weighted by Gasteiger charge is 2.15. The third kappa shape index (κ3) is 4.10. The Bertz CT molecular complexity index is 725. The summed E-state index contributed by atoms with van der Waals surface area (Å²) in [4.78, 5) is 23.9. The number of rotatable bonds is 5. The smallest absolute Gasteiger partial charge is 0.342 e. The first-order valence-electron chi connectivity index (χ1n) is 7.36. The van der Waals surface area contributed by atoms with E-state index in [0.29, 0.717) is 11.3 Å². The number of phenols is 1. The Labute approximate surface area is 134 Å². The van der Waals surface area contributed by atoms with Crippen molar-refractivity contribution in [1.29, 1.82) is 0 Å². The molecule has 0 aliphatic heterocycles. The fourth-order valence-electron chi connectivity index (χ4n) is 2.17. The molecule has 0 saturated heterocycles. The first kappa shape index (κ1) is 16.5. The molecule has 5 nitrogen and oxygen atoms in total. The van der Waals surface area contributed by atoms with E-state index in [9.17, 15) is 14.7 Å². The van der Waals surface area contributed by atoms with E-state index in [1.807, 2.05) is 25.1 Å². The maximum Gasteiger partial charge on any atom is 0.342 e. The van der Waals surface area contributed by atoms with Gasteiger partial charge in [-0.15, -0.1) is 0 Å². The van der Waals surface area contributed by atoms with Gasteiger partial charge in [-0.2, -0.15) is 0 Å². The fourth-order valence-corrected chi connectivity index (χ4v) is 2.17. The van der Waals surface area contributed by atoms with Crippen molar-refractivity contribution >= 4 is 17.6 Å². The van der Waals surface area contributed by atoms with Gasteiger partial charge in [-0.25, -0.2) is 4.79 Å². The molecule has 0 heterocycles. The Morgan fingerprint density at radius 1 is 1.13 bits per heavy atom. The van der Waals surface area contributed by atoms with Gasteiger partial charge in [0.15, 0.2) is 6.61 Å². The number of aromatic hydroxyl groups is 1. The van der Waals surface area contributed by atoms with Crippen LogP contribution in [0.2, 0.25) is 0 Å². The van der Waals surface area contributed by atoms with Crippen molar-refractivity contribution in [2.24, 2.45) is 0 Å². The van der Waals surface area contributed by atoms with Crippen LogP contribution in [0, 0.1) is 6.92 Å². The van der Waals surface area contributed by atoms with Crippen LogP contribution in [0.3, 0.4) is 0 Å². The molecule has 1 amide bonds. The van der Waals surface area contributed by atoms with Crippen molar-refractivity contribution in [1.82, 2.24) is 0 Å². The second kappa shape index (κ2) is 7.45. The summed E-state index contributed by atoms with van der Waals surface area (Å²) in [6, 6.07) is 12.2. The van der Waals surface area contributed by atoms with Gasteiger partial charge in [0.25, 0.3) is 5.91 Å². The molecule has 0 unspecified atom stereocenters. The zero-order valence-electron chi connectivity index (χ0n) is 13.1. The zero-order chi connectivity index (χ0) is 16.8. The summed E-state index contributed by atoms with van der Waals surface area (Å²) < 4.78 is 4.96. The van der Waals surface area contributed by atoms with Crippen LogP contribution in [-0.4, -0.2) is 23.6 Å². The zero-order valence-corrected chi connectivity index (χ0v) is 13.1. The number of phenolic OH excluding ortho intramolecular Hbond substituents is 1. The molecule has 23 heavy (non-hydrogen) atoms. The Balaban J connectivity index is 1.96. The molecule has 0 aliphatic carbocycles. The monoisotopic (exact) mass is 313 g/mol. The molecule has 0 aliphatic rings. The summed E-state index contributed by atoms with van der Waals surface area (Å²) in [5.41, 5.74) is 2.32. The summed E-state index contributed by atoms with van der Waals surface area (Å²) >= 11 is 0. The number of para-hydroxylation sites is 2. The molecule has 5 heteroatoms. The van der Waals surface area contributed by atoms with Crippen LogP contribution in [0.25, 0.3) is 0 Å². The minimum atomic E-state index is -0.731. The van der Waals surface area contributed by atoms with Gasteiger partial charge < -0.3 is 15.2 Å². The molecule has 0 aromatic heterocycles. The average molecular weight is 313 g/mol. The van der Waals surface area contributed by atoms with Crippen LogP contribution < -0.4 is 5.32 Å². The predicted octanol–water partition coefficient (Wildman–Crippen LogP) is 3.06. The van der Waals surface area contributed by atoms with Crippen molar-refractivity contribution in [3.05, 3.63) is 59.2 Å². The largest absolute Gasteiger partial charge is 0.507 e. The topological polar surface area (TPSA) is 75.6 Å². The standard InChI is InChI=1S/C18H19NO4/c1-3-13-8-4-5-10-15(13)19-16(20)11-23-18(22)14-9-6-7-12(2)17(14)21/h4-10,21H,3,11H2,1-2H3,(H,19,20). The van der Waals surface area contributed by atoms with E-state index >= 15 is 0 Å². The third-order valence-corrected chi connectivity index (χ3v) is 3.46. The van der Waals surface area contributed by atoms with Gasteiger partial charge >= 0.3 is 5.97 Å². The highest BCUT2D eigenvalue weighted by atomic mass is 16.5. The van der Waals surface area contributed by atoms with Crippen molar-refractivity contribution in [3.8, 4) is 5.75 Å². The summed E-state index contributed by atoms with van der Waals surface area (Å²) in [5.74, 6) is -1.29. The second-order valence-electron chi connectivity index (χ2n) is 5.11. The van der Waals surface area contributed by atoms with E-state index in [-0.39, 0.29) is 11.3 Å². The number of benzene rings is 2. The molecule has 0 spiro atoms. The highest BCUT2D eigenvalue weighted by Crippen LogP contribution is 2.22. The number of amides is 1. The summed E-state index contributed by atoms with van der Waals surface area (Å²) in [6.07, 6.45) is 0.785. The lowest BCUT2D eigenvalue weighted by molar-refractivity contribution is -0.119. The maximum atomic E-state index is 11.9. The molecule has 0 radical (unpaired) electrons. The quantitative estimate of drug-likeness (QED) is 0.832. The Hall–Kier alpha value is -2.82. The number of ether oxygens (including phenoxy) is 1. The molecule has 2 aromatic carbocycles. The number of aryl methyl sites for hydroxylation is 2. The number of nitrogens with one attached hydrogen (secondary N) is 1. The van der Waals surface area contributed by atoms with E-state index in [2.05, 4.69) is 5.32 Å². The van der Waals surface area contributed by atoms with E-state index in [1.54, 1.807) is 25.1 Å². The Kier molecular flexibility index (Phi) is 5.36. The summed E-state index contributed by atoms with van der Waals surface area (Å²) in [6.45, 7) is 3.26. The molecule has 0 bridgehead atoms. The maximum absolute atomic E-state index is 11.9.